The summed E-state index contributed by atoms with van der Waals surface area (Å²) in [6, 6.07) is 1.54. The first-order chi connectivity index (χ1) is 9.08. The summed E-state index contributed by atoms with van der Waals surface area (Å²) < 4.78 is 0. The van der Waals surface area contributed by atoms with Gasteiger partial charge in [-0.05, 0) is 58.5 Å². The maximum atomic E-state index is 12.3. The van der Waals surface area contributed by atoms with Gasteiger partial charge in [0.1, 0.15) is 0 Å². The van der Waals surface area contributed by atoms with E-state index >= 15 is 0 Å². The minimum Gasteiger partial charge on any atom is -0.355 e. The molecule has 0 aromatic carbocycles. The van der Waals surface area contributed by atoms with Gasteiger partial charge in [0, 0.05) is 25.2 Å². The molecule has 108 valence electrons. The lowest BCUT2D eigenvalue weighted by molar-refractivity contribution is -0.129. The Hall–Kier alpha value is -0.610. The predicted molar refractivity (Wildman–Crippen MR) is 75.9 cm³/mol. The van der Waals surface area contributed by atoms with Gasteiger partial charge in [0.25, 0.3) is 0 Å². The summed E-state index contributed by atoms with van der Waals surface area (Å²) in [6.45, 7) is 4.77. The maximum Gasteiger partial charge on any atom is 0.227 e. The van der Waals surface area contributed by atoms with Crippen molar-refractivity contribution in [2.45, 2.75) is 51.1 Å². The molecule has 0 spiro atoms. The van der Waals surface area contributed by atoms with Gasteiger partial charge in [-0.2, -0.15) is 0 Å². The minimum absolute atomic E-state index is 0.176. The van der Waals surface area contributed by atoms with Crippen LogP contribution in [-0.2, 0) is 4.79 Å². The molecule has 2 bridgehead atoms. The lowest BCUT2D eigenvalue weighted by atomic mass is 9.87. The predicted octanol–water partition coefficient (Wildman–Crippen LogP) is 0.975. The second-order valence-electron chi connectivity index (χ2n) is 7.09. The summed E-state index contributed by atoms with van der Waals surface area (Å²) in [6.07, 6.45) is 6.21. The molecule has 0 aromatic rings. The molecule has 3 unspecified atom stereocenters. The number of carbonyl (C=O) groups is 1. The second-order valence-corrected chi connectivity index (χ2v) is 7.09. The normalized spacial score (nSPS) is 42.5. The lowest BCUT2D eigenvalue weighted by Gasteiger charge is -2.36. The van der Waals surface area contributed by atoms with Crippen molar-refractivity contribution in [1.82, 2.24) is 15.5 Å². The van der Waals surface area contributed by atoms with Crippen molar-refractivity contribution in [3.8, 4) is 0 Å². The number of amides is 1. The minimum atomic E-state index is -0.176. The summed E-state index contributed by atoms with van der Waals surface area (Å²) in [5, 5.41) is 6.52. The van der Waals surface area contributed by atoms with Gasteiger partial charge in [0.15, 0.2) is 0 Å². The van der Waals surface area contributed by atoms with Gasteiger partial charge in [-0.15, -0.1) is 0 Å². The third-order valence-electron chi connectivity index (χ3n) is 5.66. The number of nitrogens with zero attached hydrogens (tertiary/aromatic N) is 1. The van der Waals surface area contributed by atoms with Crippen LogP contribution >= 0.6 is 0 Å². The van der Waals surface area contributed by atoms with Crippen LogP contribution in [0.25, 0.3) is 0 Å². The van der Waals surface area contributed by atoms with Crippen molar-refractivity contribution in [1.29, 1.82) is 0 Å². The Labute approximate surface area is 116 Å². The Balaban J connectivity index is 1.49. The Morgan fingerprint density at radius 3 is 2.63 bits per heavy atom. The van der Waals surface area contributed by atoms with Crippen LogP contribution in [0.1, 0.15) is 39.0 Å². The van der Waals surface area contributed by atoms with Crippen molar-refractivity contribution in [3.05, 3.63) is 0 Å². The summed E-state index contributed by atoms with van der Waals surface area (Å²) >= 11 is 0. The molecule has 3 fully saturated rings. The molecule has 4 heteroatoms. The fraction of sp³-hybridized carbons (Fsp3) is 0.933. The van der Waals surface area contributed by atoms with Crippen LogP contribution in [0, 0.1) is 11.3 Å². The average molecular weight is 265 g/mol. The fourth-order valence-electron chi connectivity index (χ4n) is 4.15. The molecule has 19 heavy (non-hydrogen) atoms. The van der Waals surface area contributed by atoms with Crippen molar-refractivity contribution in [2.75, 3.05) is 26.7 Å². The maximum absolute atomic E-state index is 12.3. The number of carbonyl (C=O) groups excluding carboxylic acids is 1. The zero-order valence-electron chi connectivity index (χ0n) is 12.2. The van der Waals surface area contributed by atoms with E-state index in [4.69, 9.17) is 0 Å². The van der Waals surface area contributed by atoms with E-state index in [1.807, 2.05) is 0 Å². The first-order valence-corrected chi connectivity index (χ1v) is 7.79. The molecule has 3 heterocycles. The van der Waals surface area contributed by atoms with Crippen LogP contribution < -0.4 is 10.6 Å². The van der Waals surface area contributed by atoms with Crippen molar-refractivity contribution in [3.63, 3.8) is 0 Å². The van der Waals surface area contributed by atoms with E-state index in [1.165, 1.54) is 25.7 Å². The molecule has 3 saturated heterocycles. The summed E-state index contributed by atoms with van der Waals surface area (Å²) in [7, 11) is 2.27. The van der Waals surface area contributed by atoms with Gasteiger partial charge in [0.05, 0.1) is 5.41 Å². The van der Waals surface area contributed by atoms with Crippen molar-refractivity contribution < 1.29 is 4.79 Å². The zero-order valence-corrected chi connectivity index (χ0v) is 12.2. The SMILES string of the molecule is CN1C2CCC1CC(CNC(=O)C1(C)CCNC1)C2. The highest BCUT2D eigenvalue weighted by Crippen LogP contribution is 2.37. The Morgan fingerprint density at radius 2 is 2.05 bits per heavy atom. The molecule has 0 aliphatic carbocycles. The summed E-state index contributed by atoms with van der Waals surface area (Å²) in [5.41, 5.74) is -0.176. The number of fused-ring (bicyclic) bond motifs is 2. The molecule has 0 aromatic heterocycles. The molecule has 3 rings (SSSR count). The van der Waals surface area contributed by atoms with Crippen LogP contribution in [0.4, 0.5) is 0 Å². The number of nitrogens with one attached hydrogen (secondary N) is 2. The molecule has 0 saturated carbocycles. The second kappa shape index (κ2) is 5.06. The van der Waals surface area contributed by atoms with Gasteiger partial charge in [0.2, 0.25) is 5.91 Å². The van der Waals surface area contributed by atoms with Gasteiger partial charge >= 0.3 is 0 Å². The first kappa shape index (κ1) is 13.4. The Bertz CT molecular complexity index is 337. The molecule has 3 atom stereocenters. The smallest absolute Gasteiger partial charge is 0.227 e. The highest BCUT2D eigenvalue weighted by atomic mass is 16.2. The molecule has 2 N–H and O–H groups in total. The first-order valence-electron chi connectivity index (χ1n) is 7.79. The van der Waals surface area contributed by atoms with E-state index in [2.05, 4.69) is 29.5 Å². The van der Waals surface area contributed by atoms with E-state index in [0.717, 1.165) is 38.1 Å². The Morgan fingerprint density at radius 1 is 1.37 bits per heavy atom. The van der Waals surface area contributed by atoms with Gasteiger partial charge in [-0.25, -0.2) is 0 Å². The Kier molecular flexibility index (Phi) is 3.56. The molecule has 3 aliphatic heterocycles. The lowest BCUT2D eigenvalue weighted by Crippen LogP contribution is -2.46. The molecule has 3 aliphatic rings. The van der Waals surface area contributed by atoms with E-state index in [-0.39, 0.29) is 11.3 Å². The van der Waals surface area contributed by atoms with E-state index < -0.39 is 0 Å². The van der Waals surface area contributed by atoms with E-state index in [9.17, 15) is 4.79 Å². The van der Waals surface area contributed by atoms with Crippen LogP contribution in [0.3, 0.4) is 0 Å². The number of hydrogen-bond donors (Lipinski definition) is 2. The highest BCUT2D eigenvalue weighted by Gasteiger charge is 2.40. The molecule has 4 nitrogen and oxygen atoms in total. The fourth-order valence-corrected chi connectivity index (χ4v) is 4.15. The van der Waals surface area contributed by atoms with Crippen LogP contribution in [0.2, 0.25) is 0 Å². The summed E-state index contributed by atoms with van der Waals surface area (Å²) in [4.78, 5) is 14.8. The van der Waals surface area contributed by atoms with Gasteiger partial charge in [-0.3, -0.25) is 4.79 Å². The monoisotopic (exact) mass is 265 g/mol. The summed E-state index contributed by atoms with van der Waals surface area (Å²) in [5.74, 6) is 0.944. The van der Waals surface area contributed by atoms with E-state index in [0.29, 0.717) is 5.92 Å². The molecule has 1 amide bonds. The largest absolute Gasteiger partial charge is 0.355 e. The zero-order chi connectivity index (χ0) is 13.5. The molecular weight excluding hydrogens is 238 g/mol. The van der Waals surface area contributed by atoms with Crippen LogP contribution in [0.15, 0.2) is 0 Å². The van der Waals surface area contributed by atoms with Gasteiger partial charge < -0.3 is 15.5 Å². The van der Waals surface area contributed by atoms with Crippen molar-refractivity contribution in [2.24, 2.45) is 11.3 Å². The standard InChI is InChI=1S/C15H27N3O/c1-15(5-6-16-10-15)14(19)17-9-11-7-12-3-4-13(8-11)18(12)2/h11-13,16H,3-10H2,1-2H3,(H,17,19). The van der Waals surface area contributed by atoms with E-state index in [1.54, 1.807) is 0 Å². The number of hydrogen-bond acceptors (Lipinski definition) is 3. The topological polar surface area (TPSA) is 44.4 Å². The van der Waals surface area contributed by atoms with Crippen LogP contribution in [-0.4, -0.2) is 49.6 Å². The third kappa shape index (κ3) is 2.52. The van der Waals surface area contributed by atoms with Gasteiger partial charge in [-0.1, -0.05) is 0 Å². The molecule has 0 radical (unpaired) electrons. The van der Waals surface area contributed by atoms with Crippen LogP contribution in [0.5, 0.6) is 0 Å². The van der Waals surface area contributed by atoms with Crippen molar-refractivity contribution >= 4 is 5.91 Å². The number of rotatable bonds is 3. The number of piperidine rings is 1. The average Bonchev–Trinajstić information content (AvgIpc) is 2.89. The molecular formula is C15H27N3O. The third-order valence-corrected chi connectivity index (χ3v) is 5.66. The quantitative estimate of drug-likeness (QED) is 0.799. The highest BCUT2D eigenvalue weighted by molar-refractivity contribution is 5.82.